The topological polar surface area (TPSA) is 50.7 Å². The number of methoxy groups -OCH3 is 2. The Bertz CT molecular complexity index is 616. The van der Waals surface area contributed by atoms with E-state index < -0.39 is 0 Å². The van der Waals surface area contributed by atoms with Crippen LogP contribution in [-0.2, 0) is 17.9 Å². The number of hydrogen-bond acceptors (Lipinski definition) is 4. The largest absolute Gasteiger partial charge is 0.508 e. The molecule has 0 bridgehead atoms. The Balaban J connectivity index is 2.18. The standard InChI is InChI=1S/C16H18BrNO3/c1-20-10-13-14(17)4-3-5-15(13)18-9-11-8-12(21-2)6-7-16(11)19/h3-8,18-19H,9-10H2,1-2H3. The maximum atomic E-state index is 9.91. The maximum Gasteiger partial charge on any atom is 0.120 e. The highest BCUT2D eigenvalue weighted by atomic mass is 79.9. The number of phenols is 1. The zero-order valence-corrected chi connectivity index (χ0v) is 13.6. The van der Waals surface area contributed by atoms with Gasteiger partial charge in [-0.3, -0.25) is 0 Å². The zero-order chi connectivity index (χ0) is 15.2. The van der Waals surface area contributed by atoms with E-state index in [1.807, 2.05) is 24.3 Å². The van der Waals surface area contributed by atoms with Gasteiger partial charge in [-0.15, -0.1) is 0 Å². The number of halogens is 1. The smallest absolute Gasteiger partial charge is 0.120 e. The molecule has 0 aliphatic heterocycles. The van der Waals surface area contributed by atoms with Gasteiger partial charge >= 0.3 is 0 Å². The molecular weight excluding hydrogens is 334 g/mol. The van der Waals surface area contributed by atoms with Gasteiger partial charge in [-0.05, 0) is 30.3 Å². The van der Waals surface area contributed by atoms with Crippen molar-refractivity contribution >= 4 is 21.6 Å². The molecule has 0 saturated heterocycles. The summed E-state index contributed by atoms with van der Waals surface area (Å²) in [6, 6.07) is 11.1. The molecule has 0 unspecified atom stereocenters. The van der Waals surface area contributed by atoms with E-state index in [9.17, 15) is 5.11 Å². The van der Waals surface area contributed by atoms with E-state index in [0.717, 1.165) is 27.0 Å². The molecule has 0 amide bonds. The SMILES string of the molecule is COCc1c(Br)cccc1NCc1cc(OC)ccc1O. The van der Waals surface area contributed by atoms with E-state index in [-0.39, 0.29) is 5.75 Å². The molecule has 4 nitrogen and oxygen atoms in total. The van der Waals surface area contributed by atoms with Gasteiger partial charge in [-0.1, -0.05) is 22.0 Å². The minimum atomic E-state index is 0.242. The predicted octanol–water partition coefficient (Wildman–Crippen LogP) is 3.92. The number of phenolic OH excluding ortho intramolecular Hbond substituents is 1. The molecule has 21 heavy (non-hydrogen) atoms. The van der Waals surface area contributed by atoms with Crippen LogP contribution in [0.1, 0.15) is 11.1 Å². The fraction of sp³-hybridized carbons (Fsp3) is 0.250. The molecule has 0 aliphatic carbocycles. The van der Waals surface area contributed by atoms with Crippen LogP contribution in [0, 0.1) is 0 Å². The lowest BCUT2D eigenvalue weighted by Crippen LogP contribution is -2.04. The second-order valence-corrected chi connectivity index (χ2v) is 5.40. The van der Waals surface area contributed by atoms with Crippen molar-refractivity contribution in [2.45, 2.75) is 13.2 Å². The molecule has 0 heterocycles. The molecule has 0 aliphatic rings. The van der Waals surface area contributed by atoms with Crippen molar-refractivity contribution in [3.05, 3.63) is 52.0 Å². The van der Waals surface area contributed by atoms with Crippen molar-refractivity contribution in [2.24, 2.45) is 0 Å². The lowest BCUT2D eigenvalue weighted by Gasteiger charge is -2.14. The number of aromatic hydroxyl groups is 1. The summed E-state index contributed by atoms with van der Waals surface area (Å²) >= 11 is 3.52. The molecule has 0 radical (unpaired) electrons. The Kier molecular flexibility index (Phi) is 5.47. The third-order valence-corrected chi connectivity index (χ3v) is 3.91. The van der Waals surface area contributed by atoms with Crippen molar-refractivity contribution in [1.82, 2.24) is 0 Å². The first-order valence-electron chi connectivity index (χ1n) is 6.51. The summed E-state index contributed by atoms with van der Waals surface area (Å²) < 4.78 is 11.4. The van der Waals surface area contributed by atoms with Gasteiger partial charge in [0.2, 0.25) is 0 Å². The second-order valence-electron chi connectivity index (χ2n) is 4.55. The Morgan fingerprint density at radius 3 is 2.71 bits per heavy atom. The van der Waals surface area contributed by atoms with E-state index in [1.165, 1.54) is 0 Å². The van der Waals surface area contributed by atoms with E-state index >= 15 is 0 Å². The van der Waals surface area contributed by atoms with Gasteiger partial charge in [0, 0.05) is 34.9 Å². The first kappa shape index (κ1) is 15.7. The average molecular weight is 352 g/mol. The lowest BCUT2D eigenvalue weighted by molar-refractivity contribution is 0.185. The Morgan fingerprint density at radius 1 is 1.19 bits per heavy atom. The summed E-state index contributed by atoms with van der Waals surface area (Å²) in [5.41, 5.74) is 2.79. The van der Waals surface area contributed by atoms with Crippen LogP contribution in [0.3, 0.4) is 0 Å². The van der Waals surface area contributed by atoms with Gasteiger partial charge in [0.15, 0.2) is 0 Å². The van der Waals surface area contributed by atoms with Gasteiger partial charge < -0.3 is 19.9 Å². The van der Waals surface area contributed by atoms with Crippen LogP contribution in [0.25, 0.3) is 0 Å². The van der Waals surface area contributed by atoms with Crippen LogP contribution < -0.4 is 10.1 Å². The number of nitrogens with one attached hydrogen (secondary N) is 1. The van der Waals surface area contributed by atoms with Gasteiger partial charge in [0.25, 0.3) is 0 Å². The highest BCUT2D eigenvalue weighted by molar-refractivity contribution is 9.10. The third kappa shape index (κ3) is 3.89. The summed E-state index contributed by atoms with van der Waals surface area (Å²) in [4.78, 5) is 0. The van der Waals surface area contributed by atoms with Gasteiger partial charge in [0.05, 0.1) is 13.7 Å². The van der Waals surface area contributed by atoms with Crippen molar-refractivity contribution in [2.75, 3.05) is 19.5 Å². The first-order chi connectivity index (χ1) is 10.2. The Labute approximate surface area is 132 Å². The fourth-order valence-corrected chi connectivity index (χ4v) is 2.52. The van der Waals surface area contributed by atoms with E-state index in [2.05, 4.69) is 21.2 Å². The number of hydrogen-bond donors (Lipinski definition) is 2. The van der Waals surface area contributed by atoms with Crippen molar-refractivity contribution in [1.29, 1.82) is 0 Å². The fourth-order valence-electron chi connectivity index (χ4n) is 2.04. The molecular formula is C16H18BrNO3. The molecule has 0 aromatic heterocycles. The van der Waals surface area contributed by atoms with Crippen molar-refractivity contribution < 1.29 is 14.6 Å². The predicted molar refractivity (Wildman–Crippen MR) is 86.8 cm³/mol. The Hall–Kier alpha value is -1.72. The molecule has 5 heteroatoms. The normalized spacial score (nSPS) is 10.4. The summed E-state index contributed by atoms with van der Waals surface area (Å²) in [5, 5.41) is 13.2. The van der Waals surface area contributed by atoms with Crippen LogP contribution in [-0.4, -0.2) is 19.3 Å². The minimum absolute atomic E-state index is 0.242. The molecule has 0 saturated carbocycles. The number of benzene rings is 2. The molecule has 2 aromatic rings. The average Bonchev–Trinajstić information content (AvgIpc) is 2.49. The van der Waals surface area contributed by atoms with Gasteiger partial charge in [-0.25, -0.2) is 0 Å². The monoisotopic (exact) mass is 351 g/mol. The Morgan fingerprint density at radius 2 is 2.00 bits per heavy atom. The van der Waals surface area contributed by atoms with E-state index in [0.29, 0.717) is 13.2 Å². The highest BCUT2D eigenvalue weighted by Gasteiger charge is 2.08. The number of ether oxygens (including phenoxy) is 2. The lowest BCUT2D eigenvalue weighted by atomic mass is 10.1. The molecule has 2 aromatic carbocycles. The van der Waals surface area contributed by atoms with Crippen molar-refractivity contribution in [3.63, 3.8) is 0 Å². The quantitative estimate of drug-likeness (QED) is 0.827. The summed E-state index contributed by atoms with van der Waals surface area (Å²) in [6.45, 7) is 1.00. The summed E-state index contributed by atoms with van der Waals surface area (Å²) in [5.74, 6) is 0.961. The molecule has 2 rings (SSSR count). The van der Waals surface area contributed by atoms with Crippen LogP contribution in [0.2, 0.25) is 0 Å². The van der Waals surface area contributed by atoms with Gasteiger partial charge in [0.1, 0.15) is 11.5 Å². The molecule has 0 atom stereocenters. The third-order valence-electron chi connectivity index (χ3n) is 3.16. The number of rotatable bonds is 6. The van der Waals surface area contributed by atoms with Crippen LogP contribution in [0.5, 0.6) is 11.5 Å². The van der Waals surface area contributed by atoms with Crippen LogP contribution in [0.15, 0.2) is 40.9 Å². The van der Waals surface area contributed by atoms with Crippen molar-refractivity contribution in [3.8, 4) is 11.5 Å². The molecule has 2 N–H and O–H groups in total. The van der Waals surface area contributed by atoms with Gasteiger partial charge in [-0.2, -0.15) is 0 Å². The minimum Gasteiger partial charge on any atom is -0.508 e. The van der Waals surface area contributed by atoms with Crippen LogP contribution in [0.4, 0.5) is 5.69 Å². The molecule has 0 spiro atoms. The van der Waals surface area contributed by atoms with E-state index in [1.54, 1.807) is 26.4 Å². The first-order valence-corrected chi connectivity index (χ1v) is 7.31. The molecule has 0 fully saturated rings. The number of anilines is 1. The summed E-state index contributed by atoms with van der Waals surface area (Å²) in [6.07, 6.45) is 0. The maximum absolute atomic E-state index is 9.91. The van der Waals surface area contributed by atoms with Crippen LogP contribution >= 0.6 is 15.9 Å². The van der Waals surface area contributed by atoms with E-state index in [4.69, 9.17) is 9.47 Å². The summed E-state index contributed by atoms with van der Waals surface area (Å²) in [7, 11) is 3.27. The second kappa shape index (κ2) is 7.33. The highest BCUT2D eigenvalue weighted by Crippen LogP contribution is 2.28. The molecule has 112 valence electrons. The zero-order valence-electron chi connectivity index (χ0n) is 12.0.